The number of fused-ring (bicyclic) bond motifs is 1. The lowest BCUT2D eigenvalue weighted by Crippen LogP contribution is -2.20. The van der Waals surface area contributed by atoms with E-state index in [1.165, 1.54) is 12.3 Å². The summed E-state index contributed by atoms with van der Waals surface area (Å²) in [6, 6.07) is 6.33. The van der Waals surface area contributed by atoms with E-state index >= 15 is 0 Å². The van der Waals surface area contributed by atoms with Gasteiger partial charge in [-0.15, -0.1) is 0 Å². The maximum atomic E-state index is 12.2. The van der Waals surface area contributed by atoms with Gasteiger partial charge >= 0.3 is 11.9 Å². The number of carbonyl (C=O) groups is 3. The molecule has 0 fully saturated rings. The normalized spacial score (nSPS) is 12.5. The van der Waals surface area contributed by atoms with E-state index in [4.69, 9.17) is 19.0 Å². The second-order valence-electron chi connectivity index (χ2n) is 6.16. The molecule has 3 N–H and O–H groups in total. The van der Waals surface area contributed by atoms with Gasteiger partial charge in [-0.25, -0.2) is 5.43 Å². The van der Waals surface area contributed by atoms with Gasteiger partial charge < -0.3 is 24.3 Å². The van der Waals surface area contributed by atoms with E-state index in [2.05, 4.69) is 15.8 Å². The van der Waals surface area contributed by atoms with Gasteiger partial charge in [0, 0.05) is 24.5 Å². The van der Waals surface area contributed by atoms with Crippen molar-refractivity contribution in [1.29, 1.82) is 0 Å². The first-order chi connectivity index (χ1) is 13.9. The van der Waals surface area contributed by atoms with Crippen molar-refractivity contribution in [3.05, 3.63) is 41.9 Å². The van der Waals surface area contributed by atoms with E-state index in [0.29, 0.717) is 28.5 Å². The van der Waals surface area contributed by atoms with Gasteiger partial charge in [-0.1, -0.05) is 0 Å². The number of rotatable bonds is 8. The Morgan fingerprint density at radius 1 is 1.17 bits per heavy atom. The molecule has 0 saturated carbocycles. The summed E-state index contributed by atoms with van der Waals surface area (Å²) in [6.45, 7) is 1.70. The highest BCUT2D eigenvalue weighted by atomic mass is 16.7. The van der Waals surface area contributed by atoms with Crippen LogP contribution in [-0.4, -0.2) is 35.4 Å². The molecule has 1 aromatic carbocycles. The third kappa shape index (κ3) is 5.12. The van der Waals surface area contributed by atoms with Gasteiger partial charge in [0.1, 0.15) is 0 Å². The molecule has 0 atom stereocenters. The molecule has 1 aliphatic heterocycles. The fourth-order valence-corrected chi connectivity index (χ4v) is 2.62. The topological polar surface area (TPSA) is 139 Å². The summed E-state index contributed by atoms with van der Waals surface area (Å²) in [7, 11) is 0. The largest absolute Gasteiger partial charge is 0.481 e. The number of carboxylic acids is 1. The number of carbonyl (C=O) groups excluding carboxylic acids is 2. The number of hydrogen-bond donors (Lipinski definition) is 3. The number of nitrogens with zero attached hydrogens (tertiary/aromatic N) is 1. The predicted octanol–water partition coefficient (Wildman–Crippen LogP) is 2.36. The van der Waals surface area contributed by atoms with Crippen molar-refractivity contribution in [2.75, 3.05) is 12.1 Å². The lowest BCUT2D eigenvalue weighted by atomic mass is 10.1. The van der Waals surface area contributed by atoms with Crippen LogP contribution in [0.2, 0.25) is 0 Å². The number of benzene rings is 1. The zero-order valence-corrected chi connectivity index (χ0v) is 15.6. The number of hydrazone groups is 1. The second kappa shape index (κ2) is 8.91. The highest BCUT2D eigenvalue weighted by Gasteiger charge is 2.20. The molecule has 0 radical (unpaired) electrons. The molecule has 1 aliphatic rings. The van der Waals surface area contributed by atoms with Crippen molar-refractivity contribution in [3.8, 4) is 11.5 Å². The van der Waals surface area contributed by atoms with Gasteiger partial charge in [0.15, 0.2) is 17.3 Å². The first-order valence-corrected chi connectivity index (χ1v) is 8.78. The van der Waals surface area contributed by atoms with Crippen LogP contribution in [0.4, 0.5) is 5.69 Å². The Bertz CT molecular complexity index is 951. The van der Waals surface area contributed by atoms with Crippen molar-refractivity contribution in [2.45, 2.75) is 26.2 Å². The molecule has 10 nitrogen and oxygen atoms in total. The molecule has 2 aromatic rings. The minimum Gasteiger partial charge on any atom is -0.481 e. The molecule has 3 rings (SSSR count). The highest BCUT2D eigenvalue weighted by Crippen LogP contribution is 2.37. The molecule has 2 amide bonds. The summed E-state index contributed by atoms with van der Waals surface area (Å²) in [5.41, 5.74) is 3.71. The van der Waals surface area contributed by atoms with Gasteiger partial charge in [0.05, 0.1) is 17.7 Å². The van der Waals surface area contributed by atoms with Crippen LogP contribution in [0.5, 0.6) is 11.5 Å². The number of amides is 2. The predicted molar refractivity (Wildman–Crippen MR) is 101 cm³/mol. The number of hydrogen-bond acceptors (Lipinski definition) is 7. The first kappa shape index (κ1) is 19.9. The average molecular weight is 401 g/mol. The summed E-state index contributed by atoms with van der Waals surface area (Å²) in [4.78, 5) is 34.8. The van der Waals surface area contributed by atoms with Crippen LogP contribution in [0.15, 0.2) is 40.0 Å². The minimum atomic E-state index is -0.961. The van der Waals surface area contributed by atoms with Crippen LogP contribution in [0.1, 0.15) is 42.3 Å². The summed E-state index contributed by atoms with van der Waals surface area (Å²) in [5, 5.41) is 15.5. The Morgan fingerprint density at radius 3 is 2.62 bits per heavy atom. The first-order valence-electron chi connectivity index (χ1n) is 8.78. The number of furan rings is 1. The Labute approximate surface area is 165 Å². The molecule has 152 valence electrons. The van der Waals surface area contributed by atoms with Gasteiger partial charge in [-0.05, 0) is 31.5 Å². The molecular weight excluding hydrogens is 382 g/mol. The van der Waals surface area contributed by atoms with E-state index in [-0.39, 0.29) is 37.7 Å². The van der Waals surface area contributed by atoms with Crippen LogP contribution < -0.4 is 20.2 Å². The van der Waals surface area contributed by atoms with Crippen LogP contribution in [-0.2, 0) is 9.59 Å². The molecule has 0 aliphatic carbocycles. The van der Waals surface area contributed by atoms with E-state index in [1.54, 1.807) is 25.1 Å². The maximum Gasteiger partial charge on any atom is 0.307 e. The third-order valence-electron chi connectivity index (χ3n) is 4.04. The fraction of sp³-hybridized carbons (Fsp3) is 0.263. The smallest absolute Gasteiger partial charge is 0.307 e. The number of nitrogens with one attached hydrogen (secondary N) is 2. The lowest BCUT2D eigenvalue weighted by molar-refractivity contribution is -0.137. The standard InChI is InChI=1S/C19H19N3O7/c1-11(21-22-19(26)14-4-3-7-27-14)12-8-15-16(29-10-28-15)9-13(12)20-17(23)5-2-6-18(24)25/h3-4,7-9H,2,5-6,10H2,1H3,(H,20,23)(H,22,26)(H,24,25). The number of aliphatic carboxylic acids is 1. The average Bonchev–Trinajstić information content (AvgIpc) is 3.36. The Morgan fingerprint density at radius 2 is 1.93 bits per heavy atom. The number of ether oxygens (including phenoxy) is 2. The number of carboxylic acid groups (broad SMARTS) is 1. The van der Waals surface area contributed by atoms with Gasteiger partial charge in [0.2, 0.25) is 12.7 Å². The van der Waals surface area contributed by atoms with Gasteiger partial charge in [-0.3, -0.25) is 14.4 Å². The van der Waals surface area contributed by atoms with Crippen molar-refractivity contribution in [2.24, 2.45) is 5.10 Å². The Hall–Kier alpha value is -3.82. The zero-order valence-electron chi connectivity index (χ0n) is 15.6. The molecule has 0 saturated heterocycles. The molecule has 10 heteroatoms. The maximum absolute atomic E-state index is 12.2. The Kier molecular flexibility index (Phi) is 6.12. The molecule has 0 unspecified atom stereocenters. The van der Waals surface area contributed by atoms with Gasteiger partial charge in [0.25, 0.3) is 0 Å². The third-order valence-corrected chi connectivity index (χ3v) is 4.04. The summed E-state index contributed by atoms with van der Waals surface area (Å²) >= 11 is 0. The molecule has 0 bridgehead atoms. The zero-order chi connectivity index (χ0) is 20.8. The lowest BCUT2D eigenvalue weighted by Gasteiger charge is -2.12. The van der Waals surface area contributed by atoms with E-state index < -0.39 is 11.9 Å². The van der Waals surface area contributed by atoms with Crippen LogP contribution in [0.3, 0.4) is 0 Å². The SMILES string of the molecule is CC(=NNC(=O)c1ccco1)c1cc2c(cc1NC(=O)CCCC(=O)O)OCO2. The van der Waals surface area contributed by atoms with E-state index in [0.717, 1.165) is 0 Å². The van der Waals surface area contributed by atoms with E-state index in [9.17, 15) is 14.4 Å². The van der Waals surface area contributed by atoms with Crippen molar-refractivity contribution < 1.29 is 33.4 Å². The fourth-order valence-electron chi connectivity index (χ4n) is 2.62. The molecule has 1 aromatic heterocycles. The van der Waals surface area contributed by atoms with Crippen molar-refractivity contribution in [3.63, 3.8) is 0 Å². The quantitative estimate of drug-likeness (QED) is 0.456. The molecule has 2 heterocycles. The Balaban J connectivity index is 1.77. The van der Waals surface area contributed by atoms with Crippen LogP contribution in [0.25, 0.3) is 0 Å². The molecule has 29 heavy (non-hydrogen) atoms. The van der Waals surface area contributed by atoms with Crippen LogP contribution in [0, 0.1) is 0 Å². The van der Waals surface area contributed by atoms with Gasteiger partial charge in [-0.2, -0.15) is 5.10 Å². The summed E-state index contributed by atoms with van der Waals surface area (Å²) in [6.07, 6.45) is 1.54. The summed E-state index contributed by atoms with van der Waals surface area (Å²) in [5.74, 6) is -0.776. The minimum absolute atomic E-state index is 0.0472. The second-order valence-corrected chi connectivity index (χ2v) is 6.16. The monoisotopic (exact) mass is 401 g/mol. The van der Waals surface area contributed by atoms with Crippen molar-refractivity contribution in [1.82, 2.24) is 5.43 Å². The van der Waals surface area contributed by atoms with E-state index in [1.807, 2.05) is 0 Å². The number of anilines is 1. The highest BCUT2D eigenvalue weighted by molar-refractivity contribution is 6.08. The van der Waals surface area contributed by atoms with Crippen LogP contribution >= 0.6 is 0 Å². The molecular formula is C19H19N3O7. The van der Waals surface area contributed by atoms with Crippen molar-refractivity contribution >= 4 is 29.2 Å². The molecule has 0 spiro atoms. The summed E-state index contributed by atoms with van der Waals surface area (Å²) < 4.78 is 15.7.